The van der Waals surface area contributed by atoms with Gasteiger partial charge in [0.05, 0.1) is 0 Å². The topological polar surface area (TPSA) is 95.7 Å². The Balaban J connectivity index is 1.52. The van der Waals surface area contributed by atoms with Crippen LogP contribution >= 0.6 is 0 Å². The van der Waals surface area contributed by atoms with Gasteiger partial charge in [0.2, 0.25) is 5.60 Å². The van der Waals surface area contributed by atoms with E-state index in [0.29, 0.717) is 24.3 Å². The molecule has 0 spiro atoms. The lowest BCUT2D eigenvalue weighted by Crippen LogP contribution is -2.35. The van der Waals surface area contributed by atoms with Crippen LogP contribution in [0.1, 0.15) is 28.1 Å². The van der Waals surface area contributed by atoms with E-state index < -0.39 is 5.60 Å². The Morgan fingerprint density at radius 3 is 2.66 bits per heavy atom. The number of rotatable bonds is 3. The fourth-order valence-electron chi connectivity index (χ4n) is 4.06. The highest BCUT2D eigenvalue weighted by Gasteiger charge is 2.48. The van der Waals surface area contributed by atoms with E-state index >= 15 is 0 Å². The van der Waals surface area contributed by atoms with Crippen LogP contribution in [0.5, 0.6) is 0 Å². The van der Waals surface area contributed by atoms with Crippen molar-refractivity contribution in [2.75, 3.05) is 13.6 Å². The normalized spacial score (nSPS) is 20.8. The molecule has 7 heteroatoms. The molecule has 2 aliphatic heterocycles. The van der Waals surface area contributed by atoms with Gasteiger partial charge in [-0.05, 0) is 28.8 Å². The fraction of sp³-hybridized carbons (Fsp3) is 0.227. The summed E-state index contributed by atoms with van der Waals surface area (Å²) >= 11 is 0. The average molecular weight is 389 g/mol. The summed E-state index contributed by atoms with van der Waals surface area (Å²) in [6.07, 6.45) is 0.272. The number of likely N-dealkylation sites (N-methyl/N-ethyl adjacent to an activating group) is 1. The second kappa shape index (κ2) is 6.28. The molecule has 1 saturated heterocycles. The Morgan fingerprint density at radius 1 is 1.10 bits per heavy atom. The van der Waals surface area contributed by atoms with E-state index in [1.54, 1.807) is 13.1 Å². The molecule has 0 bridgehead atoms. The number of fused-ring (bicyclic) bond motifs is 1. The summed E-state index contributed by atoms with van der Waals surface area (Å²) in [6.45, 7) is 0.970. The van der Waals surface area contributed by atoms with Crippen molar-refractivity contribution >= 4 is 11.8 Å². The maximum atomic E-state index is 12.3. The van der Waals surface area contributed by atoms with Crippen LogP contribution in [0.25, 0.3) is 22.4 Å². The number of hydrogen-bond acceptors (Lipinski definition) is 5. The number of carbonyl (C=O) groups is 2. The van der Waals surface area contributed by atoms with Crippen LogP contribution in [0.4, 0.5) is 0 Å². The third-order valence-electron chi connectivity index (χ3n) is 5.74. The zero-order valence-electron chi connectivity index (χ0n) is 15.8. The molecule has 29 heavy (non-hydrogen) atoms. The first-order valence-electron chi connectivity index (χ1n) is 9.43. The molecule has 1 fully saturated rings. The molecule has 146 valence electrons. The molecule has 0 radical (unpaired) electrons. The smallest absolute Gasteiger partial charge is 0.262 e. The molecule has 2 amide bonds. The number of likely N-dealkylation sites (tertiary alicyclic amines) is 1. The van der Waals surface area contributed by atoms with Crippen LogP contribution in [0, 0.1) is 0 Å². The Labute approximate surface area is 166 Å². The van der Waals surface area contributed by atoms with Gasteiger partial charge in [-0.3, -0.25) is 9.59 Å². The van der Waals surface area contributed by atoms with Crippen molar-refractivity contribution in [3.05, 3.63) is 65.4 Å². The van der Waals surface area contributed by atoms with Gasteiger partial charge in [0.1, 0.15) is 5.69 Å². The molecule has 3 aromatic rings. The van der Waals surface area contributed by atoms with Crippen LogP contribution in [-0.4, -0.2) is 40.6 Å². The van der Waals surface area contributed by atoms with E-state index in [4.69, 9.17) is 4.52 Å². The van der Waals surface area contributed by atoms with Crippen LogP contribution in [0.15, 0.2) is 53.1 Å². The third-order valence-corrected chi connectivity index (χ3v) is 5.74. The van der Waals surface area contributed by atoms with Gasteiger partial charge in [0.25, 0.3) is 11.8 Å². The average Bonchev–Trinajstić information content (AvgIpc) is 3.44. The summed E-state index contributed by atoms with van der Waals surface area (Å²) in [4.78, 5) is 25.7. The number of aromatic nitrogens is 1. The second-order valence-electron chi connectivity index (χ2n) is 7.51. The minimum absolute atomic E-state index is 0.0569. The van der Waals surface area contributed by atoms with E-state index in [0.717, 1.165) is 22.3 Å². The number of nitrogens with zero attached hydrogens (tertiary/aromatic N) is 2. The summed E-state index contributed by atoms with van der Waals surface area (Å²) in [5.41, 5.74) is 3.29. The Hall–Kier alpha value is -3.45. The van der Waals surface area contributed by atoms with Gasteiger partial charge in [-0.2, -0.15) is 0 Å². The largest absolute Gasteiger partial charge is 0.373 e. The standard InChI is InChI=1S/C22H19N3O4/c1-25-9-8-22(28,21(25)27)19-11-18(24-29-19)14-5-2-4-13(10-14)15-6-3-7-16-17(15)12-23-20(16)26/h2-7,10-11,28H,8-9,12H2,1H3,(H,23,26)/t22-/m1/s1. The summed E-state index contributed by atoms with van der Waals surface area (Å²) in [5.74, 6) is -0.285. The molecule has 0 saturated carbocycles. The summed E-state index contributed by atoms with van der Waals surface area (Å²) in [5, 5.41) is 17.7. The summed E-state index contributed by atoms with van der Waals surface area (Å²) < 4.78 is 5.36. The molecular weight excluding hydrogens is 370 g/mol. The summed E-state index contributed by atoms with van der Waals surface area (Å²) in [6, 6.07) is 15.1. The molecule has 2 aliphatic rings. The predicted molar refractivity (Wildman–Crippen MR) is 105 cm³/mol. The van der Waals surface area contributed by atoms with Crippen LogP contribution in [0.2, 0.25) is 0 Å². The number of aliphatic hydroxyl groups is 1. The SMILES string of the molecule is CN1CC[C@@](O)(c2cc(-c3cccc(-c4cccc5c4CNC5=O)c3)no2)C1=O. The van der Waals surface area contributed by atoms with Crippen molar-refractivity contribution < 1.29 is 19.2 Å². The molecule has 2 N–H and O–H groups in total. The van der Waals surface area contributed by atoms with Crippen molar-refractivity contribution in [2.24, 2.45) is 0 Å². The first-order chi connectivity index (χ1) is 14.0. The highest BCUT2D eigenvalue weighted by Crippen LogP contribution is 2.36. The molecule has 1 aromatic heterocycles. The van der Waals surface area contributed by atoms with Gasteiger partial charge >= 0.3 is 0 Å². The first-order valence-corrected chi connectivity index (χ1v) is 9.43. The molecule has 1 atom stereocenters. The monoisotopic (exact) mass is 389 g/mol. The Bertz CT molecular complexity index is 1150. The maximum absolute atomic E-state index is 12.3. The molecule has 5 rings (SSSR count). The zero-order valence-corrected chi connectivity index (χ0v) is 15.8. The van der Waals surface area contributed by atoms with Gasteiger partial charge < -0.3 is 19.8 Å². The van der Waals surface area contributed by atoms with Gasteiger partial charge in [-0.15, -0.1) is 0 Å². The fourth-order valence-corrected chi connectivity index (χ4v) is 4.06. The van der Waals surface area contributed by atoms with E-state index in [-0.39, 0.29) is 24.0 Å². The molecule has 2 aromatic carbocycles. The molecule has 3 heterocycles. The minimum atomic E-state index is -1.66. The number of benzene rings is 2. The van der Waals surface area contributed by atoms with Gasteiger partial charge in [0.15, 0.2) is 5.76 Å². The van der Waals surface area contributed by atoms with E-state index in [9.17, 15) is 14.7 Å². The van der Waals surface area contributed by atoms with Crippen molar-refractivity contribution in [1.29, 1.82) is 0 Å². The van der Waals surface area contributed by atoms with E-state index in [1.165, 1.54) is 4.90 Å². The lowest BCUT2D eigenvalue weighted by molar-refractivity contribution is -0.144. The lowest BCUT2D eigenvalue weighted by Gasteiger charge is -2.16. The molecule has 0 aliphatic carbocycles. The molecule has 7 nitrogen and oxygen atoms in total. The van der Waals surface area contributed by atoms with Crippen molar-refractivity contribution in [2.45, 2.75) is 18.6 Å². The zero-order chi connectivity index (χ0) is 20.2. The Morgan fingerprint density at radius 2 is 1.86 bits per heavy atom. The maximum Gasteiger partial charge on any atom is 0.262 e. The van der Waals surface area contributed by atoms with E-state index in [1.807, 2.05) is 42.5 Å². The molecular formula is C22H19N3O4. The third kappa shape index (κ3) is 2.66. The number of carbonyl (C=O) groups excluding carboxylic acids is 2. The highest BCUT2D eigenvalue weighted by molar-refractivity contribution is 6.00. The first kappa shape index (κ1) is 17.6. The Kier molecular flexibility index (Phi) is 3.82. The van der Waals surface area contributed by atoms with Gasteiger partial charge in [-0.1, -0.05) is 35.5 Å². The summed E-state index contributed by atoms with van der Waals surface area (Å²) in [7, 11) is 1.65. The van der Waals surface area contributed by atoms with Crippen LogP contribution in [0.3, 0.4) is 0 Å². The van der Waals surface area contributed by atoms with Crippen molar-refractivity contribution in [3.8, 4) is 22.4 Å². The number of nitrogens with one attached hydrogen (secondary N) is 1. The second-order valence-corrected chi connectivity index (χ2v) is 7.51. The van der Waals surface area contributed by atoms with Crippen LogP contribution in [-0.2, 0) is 16.9 Å². The molecule has 0 unspecified atom stereocenters. The van der Waals surface area contributed by atoms with Gasteiger partial charge in [0, 0.05) is 43.8 Å². The van der Waals surface area contributed by atoms with E-state index in [2.05, 4.69) is 10.5 Å². The number of amides is 2. The number of hydrogen-bond donors (Lipinski definition) is 2. The quantitative estimate of drug-likeness (QED) is 0.717. The van der Waals surface area contributed by atoms with Crippen molar-refractivity contribution in [1.82, 2.24) is 15.4 Å². The predicted octanol–water partition coefficient (Wildman–Crippen LogP) is 2.30. The van der Waals surface area contributed by atoms with Gasteiger partial charge in [-0.25, -0.2) is 0 Å². The minimum Gasteiger partial charge on any atom is -0.373 e. The highest BCUT2D eigenvalue weighted by atomic mass is 16.5. The van der Waals surface area contributed by atoms with Crippen LogP contribution < -0.4 is 5.32 Å². The lowest BCUT2D eigenvalue weighted by atomic mass is 9.94. The van der Waals surface area contributed by atoms with Crippen molar-refractivity contribution in [3.63, 3.8) is 0 Å².